The van der Waals surface area contributed by atoms with Crippen LogP contribution in [-0.2, 0) is 9.47 Å². The van der Waals surface area contributed by atoms with Crippen molar-refractivity contribution in [2.45, 2.75) is 59.2 Å². The SMILES string of the molecule is C=C(CC(C)CC)C(COC(=O)[PH](C)(C)C)OC(C)(C)C. The molecule has 0 fully saturated rings. The van der Waals surface area contributed by atoms with E-state index in [9.17, 15) is 4.79 Å². The van der Waals surface area contributed by atoms with Gasteiger partial charge in [-0.15, -0.1) is 0 Å². The fraction of sp³-hybridized carbons (Fsp3) is 0.824. The normalized spacial score (nSPS) is 16.2. The number of carbonyl (C=O) groups excluding carboxylic acids is 1. The Hall–Kier alpha value is -0.400. The average Bonchev–Trinajstić information content (AvgIpc) is 2.30. The van der Waals surface area contributed by atoms with Crippen molar-refractivity contribution in [2.75, 3.05) is 26.6 Å². The minimum atomic E-state index is -1.91. The van der Waals surface area contributed by atoms with E-state index in [4.69, 9.17) is 9.47 Å². The van der Waals surface area contributed by atoms with Gasteiger partial charge in [-0.05, 0) is 0 Å². The van der Waals surface area contributed by atoms with Crippen molar-refractivity contribution in [3.8, 4) is 0 Å². The van der Waals surface area contributed by atoms with Crippen LogP contribution in [-0.4, -0.2) is 44.0 Å². The standard InChI is InChI=1S/C17H35O3P/c1-10-13(2)11-14(3)15(20-17(4,5)6)12-19-16(18)21(7,8)9/h13,15,21H,3,10-12H2,1-2,4-9H3. The van der Waals surface area contributed by atoms with Gasteiger partial charge in [0, 0.05) is 0 Å². The molecule has 0 aromatic rings. The van der Waals surface area contributed by atoms with Gasteiger partial charge in [0.05, 0.1) is 0 Å². The summed E-state index contributed by atoms with van der Waals surface area (Å²) in [6.45, 7) is 20.8. The second-order valence-corrected chi connectivity index (χ2v) is 12.9. The molecule has 0 aromatic carbocycles. The fourth-order valence-corrected chi connectivity index (χ4v) is 2.27. The molecule has 0 N–H and O–H groups in total. The first kappa shape index (κ1) is 20.6. The Morgan fingerprint density at radius 3 is 2.14 bits per heavy atom. The molecule has 0 radical (unpaired) electrons. The van der Waals surface area contributed by atoms with E-state index in [2.05, 4.69) is 20.4 Å². The molecule has 0 saturated carbocycles. The van der Waals surface area contributed by atoms with E-state index in [0.717, 1.165) is 18.4 Å². The van der Waals surface area contributed by atoms with Crippen LogP contribution < -0.4 is 0 Å². The summed E-state index contributed by atoms with van der Waals surface area (Å²) in [5.74, 6) is 0.566. The quantitative estimate of drug-likeness (QED) is 0.470. The molecule has 2 atom stereocenters. The first-order valence-corrected chi connectivity index (χ1v) is 11.4. The summed E-state index contributed by atoms with van der Waals surface area (Å²) in [5, 5.41) is 0. The second-order valence-electron chi connectivity index (χ2n) is 7.94. The summed E-state index contributed by atoms with van der Waals surface area (Å²) in [6, 6.07) is 0. The molecule has 0 heterocycles. The minimum absolute atomic E-state index is 0.0682. The van der Waals surface area contributed by atoms with E-state index in [1.807, 2.05) is 40.8 Å². The summed E-state index contributed by atoms with van der Waals surface area (Å²) in [7, 11) is -1.91. The van der Waals surface area contributed by atoms with Crippen LogP contribution in [0, 0.1) is 5.92 Å². The third-order valence-electron chi connectivity index (χ3n) is 3.24. The number of rotatable bonds is 8. The van der Waals surface area contributed by atoms with Crippen LogP contribution in [0.2, 0.25) is 0 Å². The molecule has 0 aliphatic heterocycles. The third-order valence-corrected chi connectivity index (χ3v) is 4.61. The van der Waals surface area contributed by atoms with E-state index in [0.29, 0.717) is 5.92 Å². The van der Waals surface area contributed by atoms with Crippen LogP contribution >= 0.6 is 7.26 Å². The van der Waals surface area contributed by atoms with Gasteiger partial charge in [0.15, 0.2) is 0 Å². The van der Waals surface area contributed by atoms with E-state index in [1.165, 1.54) is 0 Å². The summed E-state index contributed by atoms with van der Waals surface area (Å²) in [4.78, 5) is 12.0. The van der Waals surface area contributed by atoms with E-state index in [1.54, 1.807) is 0 Å². The maximum atomic E-state index is 12.0. The molecule has 0 saturated heterocycles. The molecule has 126 valence electrons. The van der Waals surface area contributed by atoms with Crippen LogP contribution in [0.5, 0.6) is 0 Å². The van der Waals surface area contributed by atoms with Gasteiger partial charge in [-0.1, -0.05) is 0 Å². The third kappa shape index (κ3) is 9.26. The summed E-state index contributed by atoms with van der Waals surface area (Å²) in [5.41, 5.74) is 0.665. The molecule has 0 aliphatic carbocycles. The van der Waals surface area contributed by atoms with Crippen molar-refractivity contribution in [3.05, 3.63) is 12.2 Å². The number of ether oxygens (including phenoxy) is 2. The van der Waals surface area contributed by atoms with Crippen molar-refractivity contribution in [2.24, 2.45) is 5.92 Å². The second kappa shape index (κ2) is 8.29. The fourth-order valence-electron chi connectivity index (χ4n) is 1.75. The van der Waals surface area contributed by atoms with Crippen molar-refractivity contribution in [3.63, 3.8) is 0 Å². The zero-order valence-electron chi connectivity index (χ0n) is 15.2. The number of carbonyl (C=O) groups is 1. The Kier molecular flexibility index (Phi) is 8.13. The van der Waals surface area contributed by atoms with Gasteiger partial charge in [0.2, 0.25) is 0 Å². The number of hydrogen-bond donors (Lipinski definition) is 0. The summed E-state index contributed by atoms with van der Waals surface area (Å²) >= 11 is 0. The van der Waals surface area contributed by atoms with Gasteiger partial charge in [0.25, 0.3) is 0 Å². The summed E-state index contributed by atoms with van der Waals surface area (Å²) in [6.07, 6.45) is 1.79. The first-order chi connectivity index (χ1) is 9.36. The van der Waals surface area contributed by atoms with E-state index < -0.39 is 7.26 Å². The number of hydrogen-bond acceptors (Lipinski definition) is 3. The molecule has 0 spiro atoms. The topological polar surface area (TPSA) is 35.5 Å². The Morgan fingerprint density at radius 2 is 1.76 bits per heavy atom. The van der Waals surface area contributed by atoms with Crippen molar-refractivity contribution in [1.82, 2.24) is 0 Å². The maximum absolute atomic E-state index is 12.0. The van der Waals surface area contributed by atoms with Gasteiger partial charge in [-0.2, -0.15) is 0 Å². The van der Waals surface area contributed by atoms with Crippen LogP contribution in [0.1, 0.15) is 47.5 Å². The molecular weight excluding hydrogens is 283 g/mol. The molecule has 0 aliphatic rings. The zero-order chi connectivity index (χ0) is 16.8. The van der Waals surface area contributed by atoms with Crippen LogP contribution in [0.15, 0.2) is 12.2 Å². The Labute approximate surface area is 131 Å². The zero-order valence-corrected chi connectivity index (χ0v) is 16.2. The van der Waals surface area contributed by atoms with Gasteiger partial charge in [-0.25, -0.2) is 0 Å². The Bertz CT molecular complexity index is 350. The van der Waals surface area contributed by atoms with E-state index in [-0.39, 0.29) is 24.0 Å². The molecular formula is C17H35O3P. The Morgan fingerprint density at radius 1 is 1.24 bits per heavy atom. The monoisotopic (exact) mass is 318 g/mol. The van der Waals surface area contributed by atoms with Gasteiger partial charge in [0.1, 0.15) is 0 Å². The van der Waals surface area contributed by atoms with Gasteiger partial charge in [-0.3, -0.25) is 0 Å². The Balaban J connectivity index is 4.75. The molecule has 0 aromatic heterocycles. The molecule has 3 nitrogen and oxygen atoms in total. The summed E-state index contributed by atoms with van der Waals surface area (Å²) < 4.78 is 11.5. The molecule has 21 heavy (non-hydrogen) atoms. The van der Waals surface area contributed by atoms with Crippen molar-refractivity contribution in [1.29, 1.82) is 0 Å². The average molecular weight is 318 g/mol. The predicted molar refractivity (Wildman–Crippen MR) is 95.3 cm³/mol. The molecule has 2 unspecified atom stereocenters. The van der Waals surface area contributed by atoms with Gasteiger partial charge < -0.3 is 0 Å². The van der Waals surface area contributed by atoms with E-state index >= 15 is 0 Å². The molecule has 0 rings (SSSR count). The van der Waals surface area contributed by atoms with Crippen molar-refractivity contribution < 1.29 is 14.3 Å². The molecule has 0 bridgehead atoms. The van der Waals surface area contributed by atoms with Crippen LogP contribution in [0.3, 0.4) is 0 Å². The molecule has 4 heteroatoms. The predicted octanol–water partition coefficient (Wildman–Crippen LogP) is 4.94. The van der Waals surface area contributed by atoms with Crippen LogP contribution in [0.25, 0.3) is 0 Å². The van der Waals surface area contributed by atoms with Gasteiger partial charge >= 0.3 is 131 Å². The van der Waals surface area contributed by atoms with Crippen molar-refractivity contribution >= 4 is 13.0 Å². The van der Waals surface area contributed by atoms with Crippen LogP contribution in [0.4, 0.5) is 4.79 Å². The first-order valence-electron chi connectivity index (χ1n) is 7.89. The molecule has 0 amide bonds.